The minimum Gasteiger partial charge on any atom is -0.507 e. The fourth-order valence-corrected chi connectivity index (χ4v) is 3.44. The number of hydrogen-bond acceptors (Lipinski definition) is 4. The lowest BCUT2D eigenvalue weighted by atomic mass is 9.95. The molecule has 0 bridgehead atoms. The van der Waals surface area contributed by atoms with E-state index >= 15 is 0 Å². The molecule has 1 aliphatic rings. The largest absolute Gasteiger partial charge is 0.507 e. The van der Waals surface area contributed by atoms with Crippen molar-refractivity contribution in [2.24, 2.45) is 0 Å². The molecule has 0 aliphatic carbocycles. The smallest absolute Gasteiger partial charge is 0.300 e. The van der Waals surface area contributed by atoms with Gasteiger partial charge in [0, 0.05) is 16.8 Å². The summed E-state index contributed by atoms with van der Waals surface area (Å²) in [6.07, 6.45) is 3.11. The van der Waals surface area contributed by atoms with Crippen LogP contribution in [-0.4, -0.2) is 21.8 Å². The second-order valence-electron chi connectivity index (χ2n) is 6.30. The highest BCUT2D eigenvalue weighted by molar-refractivity contribution is 6.51. The van der Waals surface area contributed by atoms with Crippen LogP contribution in [0.25, 0.3) is 5.76 Å². The maximum Gasteiger partial charge on any atom is 0.300 e. The Kier molecular flexibility index (Phi) is 4.67. The van der Waals surface area contributed by atoms with Crippen molar-refractivity contribution >= 4 is 34.7 Å². The van der Waals surface area contributed by atoms with Gasteiger partial charge in [-0.25, -0.2) is 0 Å². The molecule has 0 saturated carbocycles. The number of carbonyl (C=O) groups is 2. The van der Waals surface area contributed by atoms with Crippen LogP contribution in [0.15, 0.2) is 84.7 Å². The number of pyridine rings is 1. The molecule has 3 aromatic rings. The lowest BCUT2D eigenvalue weighted by Crippen LogP contribution is -2.29. The molecular formula is C22H15ClN2O3. The molecule has 0 spiro atoms. The fraction of sp³-hybridized carbons (Fsp3) is 0.0455. The molecule has 138 valence electrons. The summed E-state index contributed by atoms with van der Waals surface area (Å²) in [7, 11) is 0. The molecule has 2 heterocycles. The van der Waals surface area contributed by atoms with E-state index in [4.69, 9.17) is 11.6 Å². The Morgan fingerprint density at radius 3 is 2.32 bits per heavy atom. The van der Waals surface area contributed by atoms with E-state index < -0.39 is 17.7 Å². The van der Waals surface area contributed by atoms with E-state index in [2.05, 4.69) is 4.98 Å². The van der Waals surface area contributed by atoms with Crippen LogP contribution in [-0.2, 0) is 9.59 Å². The van der Waals surface area contributed by atoms with E-state index in [0.717, 1.165) is 0 Å². The van der Waals surface area contributed by atoms with Gasteiger partial charge >= 0.3 is 0 Å². The molecular weight excluding hydrogens is 376 g/mol. The van der Waals surface area contributed by atoms with Crippen LogP contribution >= 0.6 is 11.6 Å². The first-order chi connectivity index (χ1) is 13.6. The maximum atomic E-state index is 12.9. The third-order valence-electron chi connectivity index (χ3n) is 4.60. The molecule has 6 heteroatoms. The molecule has 1 atom stereocenters. The number of aliphatic hydroxyl groups is 1. The SMILES string of the molecule is O=C1C(=O)N(c2cccnc2)[C@@H](c2ccccc2)C1=C(O)c1ccc(Cl)cc1. The predicted molar refractivity (Wildman–Crippen MR) is 107 cm³/mol. The molecule has 1 N–H and O–H groups in total. The van der Waals surface area contributed by atoms with Crippen LogP contribution in [0.4, 0.5) is 5.69 Å². The molecule has 1 fully saturated rings. The molecule has 2 aromatic carbocycles. The van der Waals surface area contributed by atoms with Crippen LogP contribution < -0.4 is 4.90 Å². The average molecular weight is 391 g/mol. The van der Waals surface area contributed by atoms with Gasteiger partial charge in [0.05, 0.1) is 23.5 Å². The van der Waals surface area contributed by atoms with E-state index in [-0.39, 0.29) is 11.3 Å². The van der Waals surface area contributed by atoms with E-state index in [1.54, 1.807) is 42.6 Å². The number of anilines is 1. The summed E-state index contributed by atoms with van der Waals surface area (Å²) in [5, 5.41) is 11.4. The zero-order valence-electron chi connectivity index (χ0n) is 14.6. The molecule has 4 rings (SSSR count). The molecule has 1 amide bonds. The quantitative estimate of drug-likeness (QED) is 0.410. The van der Waals surface area contributed by atoms with Crippen LogP contribution in [0, 0.1) is 0 Å². The molecule has 0 unspecified atom stereocenters. The zero-order valence-corrected chi connectivity index (χ0v) is 15.4. The topological polar surface area (TPSA) is 70.5 Å². The van der Waals surface area contributed by atoms with Crippen molar-refractivity contribution in [1.29, 1.82) is 0 Å². The number of benzene rings is 2. The summed E-state index contributed by atoms with van der Waals surface area (Å²) in [4.78, 5) is 31.2. The highest BCUT2D eigenvalue weighted by atomic mass is 35.5. The van der Waals surface area contributed by atoms with Gasteiger partial charge < -0.3 is 5.11 Å². The lowest BCUT2D eigenvalue weighted by Gasteiger charge is -2.25. The highest BCUT2D eigenvalue weighted by Crippen LogP contribution is 2.41. The minimum absolute atomic E-state index is 0.0300. The maximum absolute atomic E-state index is 12.9. The van der Waals surface area contributed by atoms with Crippen LogP contribution in [0.2, 0.25) is 5.02 Å². The van der Waals surface area contributed by atoms with Gasteiger partial charge in [-0.2, -0.15) is 0 Å². The first kappa shape index (κ1) is 17.9. The van der Waals surface area contributed by atoms with Crippen molar-refractivity contribution in [3.63, 3.8) is 0 Å². The number of aromatic nitrogens is 1. The summed E-state index contributed by atoms with van der Waals surface area (Å²) in [6.45, 7) is 0. The summed E-state index contributed by atoms with van der Waals surface area (Å²) in [5.41, 5.74) is 1.63. The van der Waals surface area contributed by atoms with Gasteiger partial charge in [-0.05, 0) is 42.0 Å². The van der Waals surface area contributed by atoms with Gasteiger partial charge in [-0.15, -0.1) is 0 Å². The average Bonchev–Trinajstić information content (AvgIpc) is 3.00. The van der Waals surface area contributed by atoms with Crippen molar-refractivity contribution in [3.8, 4) is 0 Å². The molecule has 28 heavy (non-hydrogen) atoms. The Morgan fingerprint density at radius 2 is 1.68 bits per heavy atom. The summed E-state index contributed by atoms with van der Waals surface area (Å²) in [6, 6.07) is 18.2. The van der Waals surface area contributed by atoms with Gasteiger partial charge in [0.15, 0.2) is 0 Å². The summed E-state index contributed by atoms with van der Waals surface area (Å²) in [5.74, 6) is -1.70. The number of halogens is 1. The van der Waals surface area contributed by atoms with E-state index in [0.29, 0.717) is 21.8 Å². The number of rotatable bonds is 3. The van der Waals surface area contributed by atoms with Crippen molar-refractivity contribution in [1.82, 2.24) is 4.98 Å². The standard InChI is InChI=1S/C22H15ClN2O3/c23-16-10-8-15(9-11-16)20(26)18-19(14-5-2-1-3-6-14)25(22(28)21(18)27)17-7-4-12-24-13-17/h1-13,19,26H/t19-/m0/s1. The Balaban J connectivity index is 1.94. The van der Waals surface area contributed by atoms with Crippen molar-refractivity contribution < 1.29 is 14.7 Å². The van der Waals surface area contributed by atoms with Crippen molar-refractivity contribution in [3.05, 3.63) is 101 Å². The Bertz CT molecular complexity index is 1060. The number of amides is 1. The number of ketones is 1. The molecule has 1 saturated heterocycles. The van der Waals surface area contributed by atoms with Gasteiger partial charge in [-0.3, -0.25) is 19.5 Å². The highest BCUT2D eigenvalue weighted by Gasteiger charge is 2.46. The van der Waals surface area contributed by atoms with Crippen molar-refractivity contribution in [2.45, 2.75) is 6.04 Å². The Labute approximate surface area is 166 Å². The third-order valence-corrected chi connectivity index (χ3v) is 4.85. The molecule has 1 aromatic heterocycles. The van der Waals surface area contributed by atoms with E-state index in [9.17, 15) is 14.7 Å². The van der Waals surface area contributed by atoms with Crippen LogP contribution in [0.5, 0.6) is 0 Å². The Hall–Kier alpha value is -3.44. The predicted octanol–water partition coefficient (Wildman–Crippen LogP) is 4.36. The number of Topliss-reactive ketones (excluding diaryl/α,β-unsaturated/α-hetero) is 1. The minimum atomic E-state index is -0.763. The van der Waals surface area contributed by atoms with Gasteiger partial charge in [0.2, 0.25) is 0 Å². The van der Waals surface area contributed by atoms with Gasteiger partial charge in [-0.1, -0.05) is 41.9 Å². The van der Waals surface area contributed by atoms with E-state index in [1.807, 2.05) is 30.3 Å². The molecule has 1 aliphatic heterocycles. The normalized spacial score (nSPS) is 18.5. The van der Waals surface area contributed by atoms with Gasteiger partial charge in [0.1, 0.15) is 5.76 Å². The van der Waals surface area contributed by atoms with Gasteiger partial charge in [0.25, 0.3) is 11.7 Å². The number of aliphatic hydroxyl groups excluding tert-OH is 1. The lowest BCUT2D eigenvalue weighted by molar-refractivity contribution is -0.132. The molecule has 5 nitrogen and oxygen atoms in total. The number of hydrogen-bond donors (Lipinski definition) is 1. The third kappa shape index (κ3) is 3.06. The number of carbonyl (C=O) groups excluding carboxylic acids is 2. The first-order valence-corrected chi connectivity index (χ1v) is 8.97. The second kappa shape index (κ2) is 7.29. The first-order valence-electron chi connectivity index (χ1n) is 8.60. The second-order valence-corrected chi connectivity index (χ2v) is 6.73. The zero-order chi connectivity index (χ0) is 19.7. The summed E-state index contributed by atoms with van der Waals surface area (Å²) >= 11 is 5.92. The number of nitrogens with zero attached hydrogens (tertiary/aromatic N) is 2. The van der Waals surface area contributed by atoms with Crippen molar-refractivity contribution in [2.75, 3.05) is 4.90 Å². The monoisotopic (exact) mass is 390 g/mol. The van der Waals surface area contributed by atoms with Crippen LogP contribution in [0.3, 0.4) is 0 Å². The van der Waals surface area contributed by atoms with E-state index in [1.165, 1.54) is 11.1 Å². The molecule has 0 radical (unpaired) electrons. The summed E-state index contributed by atoms with van der Waals surface area (Å²) < 4.78 is 0. The van der Waals surface area contributed by atoms with Crippen LogP contribution in [0.1, 0.15) is 17.2 Å². The fourth-order valence-electron chi connectivity index (χ4n) is 3.31. The Morgan fingerprint density at radius 1 is 0.964 bits per heavy atom.